The molecule has 5 N–H and O–H groups in total. The van der Waals surface area contributed by atoms with Gasteiger partial charge in [0, 0.05) is 22.1 Å². The maximum absolute atomic E-state index is 11.8. The molecule has 0 radical (unpaired) electrons. The number of benzene rings is 1. The molecule has 0 aliphatic heterocycles. The summed E-state index contributed by atoms with van der Waals surface area (Å²) in [5.74, 6) is -1.58. The smallest absolute Gasteiger partial charge is 0.320 e. The highest BCUT2D eigenvalue weighted by Gasteiger charge is 2.20. The van der Waals surface area contributed by atoms with Gasteiger partial charge in [-0.25, -0.2) is 0 Å². The zero-order valence-corrected chi connectivity index (χ0v) is 10.8. The molecule has 1 atom stereocenters. The monoisotopic (exact) mass is 300 g/mol. The van der Waals surface area contributed by atoms with Gasteiger partial charge in [-0.05, 0) is 24.6 Å². The molecule has 0 heterocycles. The van der Waals surface area contributed by atoms with Crippen molar-refractivity contribution in [2.24, 2.45) is 5.73 Å². The van der Waals surface area contributed by atoms with E-state index in [1.807, 2.05) is 0 Å². The number of hydrogen-bond donors (Lipinski definition) is 3. The number of aliphatic carboxylic acids is 1. The fraction of sp³-hybridized carbons (Fsp3) is 0.273. The highest BCUT2D eigenvalue weighted by Crippen LogP contribution is 2.24. The first-order valence-corrected chi connectivity index (χ1v) is 5.69. The van der Waals surface area contributed by atoms with Crippen LogP contribution in [0.15, 0.2) is 16.6 Å². The summed E-state index contributed by atoms with van der Waals surface area (Å²) in [6.45, 7) is 1.77. The van der Waals surface area contributed by atoms with Crippen LogP contribution in [0.5, 0.6) is 0 Å². The van der Waals surface area contributed by atoms with Crippen molar-refractivity contribution >= 4 is 33.4 Å². The Morgan fingerprint density at radius 1 is 1.47 bits per heavy atom. The Kier molecular flexibility index (Phi) is 4.25. The number of Topliss-reactive ketones (excluding diaryl/α,β-unsaturated/α-hetero) is 1. The van der Waals surface area contributed by atoms with Gasteiger partial charge in [0.25, 0.3) is 0 Å². The third kappa shape index (κ3) is 3.28. The molecule has 0 spiro atoms. The second-order valence-corrected chi connectivity index (χ2v) is 4.67. The topological polar surface area (TPSA) is 106 Å². The first-order valence-electron chi connectivity index (χ1n) is 4.90. The molecule has 92 valence electrons. The summed E-state index contributed by atoms with van der Waals surface area (Å²) < 4.78 is 0.719. The highest BCUT2D eigenvalue weighted by atomic mass is 79.9. The summed E-state index contributed by atoms with van der Waals surface area (Å²) >= 11 is 3.26. The van der Waals surface area contributed by atoms with Crippen LogP contribution in [0, 0.1) is 6.92 Å². The van der Waals surface area contributed by atoms with Gasteiger partial charge in [-0.2, -0.15) is 0 Å². The maximum atomic E-state index is 11.8. The van der Waals surface area contributed by atoms with Crippen LogP contribution in [0.25, 0.3) is 0 Å². The predicted molar refractivity (Wildman–Crippen MR) is 67.9 cm³/mol. The summed E-state index contributed by atoms with van der Waals surface area (Å²) in [6, 6.07) is 2.14. The number of nitrogens with two attached hydrogens (primary N) is 2. The van der Waals surface area contributed by atoms with Crippen LogP contribution in [-0.2, 0) is 4.79 Å². The zero-order valence-electron chi connectivity index (χ0n) is 9.24. The van der Waals surface area contributed by atoms with Crippen LogP contribution in [-0.4, -0.2) is 22.9 Å². The van der Waals surface area contributed by atoms with Crippen molar-refractivity contribution in [3.05, 3.63) is 27.7 Å². The van der Waals surface area contributed by atoms with E-state index in [2.05, 4.69) is 15.9 Å². The van der Waals surface area contributed by atoms with E-state index in [9.17, 15) is 9.59 Å². The molecule has 0 fully saturated rings. The molecule has 0 aromatic heterocycles. The second kappa shape index (κ2) is 5.29. The Labute approximate surface area is 107 Å². The van der Waals surface area contributed by atoms with Gasteiger partial charge in [0.15, 0.2) is 5.78 Å². The largest absolute Gasteiger partial charge is 0.480 e. The number of carboxylic acid groups (broad SMARTS) is 1. The first-order chi connectivity index (χ1) is 7.82. The molecule has 0 aliphatic rings. The van der Waals surface area contributed by atoms with Gasteiger partial charge in [-0.3, -0.25) is 9.59 Å². The van der Waals surface area contributed by atoms with Crippen molar-refractivity contribution in [2.75, 3.05) is 5.73 Å². The number of aryl methyl sites for hydroxylation is 1. The lowest BCUT2D eigenvalue weighted by Gasteiger charge is -2.10. The van der Waals surface area contributed by atoms with E-state index in [-0.39, 0.29) is 12.2 Å². The molecule has 0 saturated carbocycles. The zero-order chi connectivity index (χ0) is 13.2. The van der Waals surface area contributed by atoms with E-state index < -0.39 is 12.0 Å². The molecule has 0 amide bonds. The quantitative estimate of drug-likeness (QED) is 0.574. The number of hydrogen-bond acceptors (Lipinski definition) is 4. The Balaban J connectivity index is 3.01. The Morgan fingerprint density at radius 3 is 2.59 bits per heavy atom. The van der Waals surface area contributed by atoms with E-state index in [0.29, 0.717) is 11.3 Å². The minimum absolute atomic E-state index is 0.268. The molecule has 1 aromatic carbocycles. The Hall–Kier alpha value is -1.40. The van der Waals surface area contributed by atoms with Crippen LogP contribution in [0.1, 0.15) is 22.3 Å². The number of halogens is 1. The Morgan fingerprint density at radius 2 is 2.06 bits per heavy atom. The first kappa shape index (κ1) is 13.7. The van der Waals surface area contributed by atoms with E-state index in [0.717, 1.165) is 10.0 Å². The van der Waals surface area contributed by atoms with Crippen LogP contribution in [0.3, 0.4) is 0 Å². The standard InChI is InChI=1S/C11H13BrN2O3/c1-5-2-6(12)3-7(10(5)14)9(15)4-8(13)11(16)17/h2-3,8H,4,13-14H2,1H3,(H,16,17). The second-order valence-electron chi connectivity index (χ2n) is 3.76. The van der Waals surface area contributed by atoms with Crippen molar-refractivity contribution < 1.29 is 14.7 Å². The molecule has 1 unspecified atom stereocenters. The van der Waals surface area contributed by atoms with Crippen molar-refractivity contribution in [1.29, 1.82) is 0 Å². The number of carbonyl (C=O) groups is 2. The van der Waals surface area contributed by atoms with Gasteiger partial charge in [-0.1, -0.05) is 15.9 Å². The summed E-state index contributed by atoms with van der Waals surface area (Å²) in [6.07, 6.45) is -0.268. The van der Waals surface area contributed by atoms with E-state index in [1.54, 1.807) is 19.1 Å². The van der Waals surface area contributed by atoms with Crippen molar-refractivity contribution in [2.45, 2.75) is 19.4 Å². The average molecular weight is 301 g/mol. The van der Waals surface area contributed by atoms with E-state index in [4.69, 9.17) is 16.6 Å². The summed E-state index contributed by atoms with van der Waals surface area (Å²) in [5, 5.41) is 8.64. The van der Waals surface area contributed by atoms with Gasteiger partial charge >= 0.3 is 5.97 Å². The number of ketones is 1. The third-order valence-electron chi connectivity index (χ3n) is 2.37. The molecule has 17 heavy (non-hydrogen) atoms. The maximum Gasteiger partial charge on any atom is 0.320 e. The molecule has 6 heteroatoms. The number of rotatable bonds is 4. The van der Waals surface area contributed by atoms with Crippen LogP contribution >= 0.6 is 15.9 Å². The lowest BCUT2D eigenvalue weighted by Crippen LogP contribution is -2.32. The lowest BCUT2D eigenvalue weighted by molar-refractivity contribution is -0.138. The summed E-state index contributed by atoms with van der Waals surface area (Å²) in [7, 11) is 0. The number of anilines is 1. The predicted octanol–water partition coefficient (Wildman–Crippen LogP) is 1.32. The fourth-order valence-corrected chi connectivity index (χ4v) is 1.95. The number of nitrogen functional groups attached to an aromatic ring is 1. The van der Waals surface area contributed by atoms with Crippen LogP contribution < -0.4 is 11.5 Å². The van der Waals surface area contributed by atoms with Gasteiger partial charge in [-0.15, -0.1) is 0 Å². The lowest BCUT2D eigenvalue weighted by atomic mass is 10.0. The van der Waals surface area contributed by atoms with E-state index >= 15 is 0 Å². The molecule has 0 bridgehead atoms. The van der Waals surface area contributed by atoms with Crippen LogP contribution in [0.4, 0.5) is 5.69 Å². The molecule has 1 rings (SSSR count). The summed E-state index contributed by atoms with van der Waals surface area (Å²) in [5.41, 5.74) is 12.5. The summed E-state index contributed by atoms with van der Waals surface area (Å²) in [4.78, 5) is 22.4. The third-order valence-corrected chi connectivity index (χ3v) is 2.83. The van der Waals surface area contributed by atoms with Gasteiger partial charge in [0.1, 0.15) is 6.04 Å². The van der Waals surface area contributed by atoms with Crippen LogP contribution in [0.2, 0.25) is 0 Å². The van der Waals surface area contributed by atoms with Crippen molar-refractivity contribution in [3.63, 3.8) is 0 Å². The Bertz CT molecular complexity index is 474. The van der Waals surface area contributed by atoms with Crippen molar-refractivity contribution in [3.8, 4) is 0 Å². The number of carboxylic acids is 1. The van der Waals surface area contributed by atoms with E-state index in [1.165, 1.54) is 0 Å². The van der Waals surface area contributed by atoms with Gasteiger partial charge in [0.2, 0.25) is 0 Å². The minimum Gasteiger partial charge on any atom is -0.480 e. The molecule has 5 nitrogen and oxygen atoms in total. The van der Waals surface area contributed by atoms with Gasteiger partial charge < -0.3 is 16.6 Å². The fourth-order valence-electron chi connectivity index (χ4n) is 1.38. The van der Waals surface area contributed by atoms with Crippen molar-refractivity contribution in [1.82, 2.24) is 0 Å². The molecular formula is C11H13BrN2O3. The highest BCUT2D eigenvalue weighted by molar-refractivity contribution is 9.10. The molecule has 0 saturated heterocycles. The normalized spacial score (nSPS) is 12.2. The number of carbonyl (C=O) groups excluding carboxylic acids is 1. The average Bonchev–Trinajstić information content (AvgIpc) is 2.22. The minimum atomic E-state index is -1.21. The molecule has 1 aromatic rings. The van der Waals surface area contributed by atoms with Gasteiger partial charge in [0.05, 0.1) is 0 Å². The molecule has 0 aliphatic carbocycles. The SMILES string of the molecule is Cc1cc(Br)cc(C(=O)CC(N)C(=O)O)c1N. The molecular weight excluding hydrogens is 288 g/mol.